The highest BCUT2D eigenvalue weighted by Crippen LogP contribution is 2.21. The van der Waals surface area contributed by atoms with Gasteiger partial charge in [0.05, 0.1) is 13.2 Å². The van der Waals surface area contributed by atoms with E-state index >= 15 is 0 Å². The highest BCUT2D eigenvalue weighted by molar-refractivity contribution is 5.63. The van der Waals surface area contributed by atoms with E-state index in [0.29, 0.717) is 6.54 Å². The van der Waals surface area contributed by atoms with Gasteiger partial charge in [-0.2, -0.15) is 0 Å². The number of aromatic nitrogens is 1. The van der Waals surface area contributed by atoms with Gasteiger partial charge in [-0.05, 0) is 41.3 Å². The Morgan fingerprint density at radius 1 is 0.875 bits per heavy atom. The van der Waals surface area contributed by atoms with Crippen molar-refractivity contribution in [1.29, 1.82) is 0 Å². The van der Waals surface area contributed by atoms with Crippen molar-refractivity contribution in [1.82, 2.24) is 4.57 Å². The smallest absolute Gasteiger partial charge is 0.250 e. The third kappa shape index (κ3) is 3.93. The van der Waals surface area contributed by atoms with Crippen LogP contribution in [0.15, 0.2) is 77.7 Å². The van der Waals surface area contributed by atoms with Crippen LogP contribution in [0.25, 0.3) is 11.1 Å². The number of pyridine rings is 1. The summed E-state index contributed by atoms with van der Waals surface area (Å²) in [6, 6.07) is 21.5. The predicted molar refractivity (Wildman–Crippen MR) is 97.5 cm³/mol. The Labute approximate surface area is 142 Å². The Bertz CT molecular complexity index is 836. The van der Waals surface area contributed by atoms with Gasteiger partial charge in [-0.15, -0.1) is 0 Å². The number of nitrogens with zero attached hydrogens (tertiary/aromatic N) is 1. The van der Waals surface area contributed by atoms with Gasteiger partial charge in [0.2, 0.25) is 0 Å². The maximum Gasteiger partial charge on any atom is 0.250 e. The Balaban J connectivity index is 1.84. The van der Waals surface area contributed by atoms with Gasteiger partial charge >= 0.3 is 0 Å². The SMILES string of the molecule is CCCOc1ccc(-c2ccc(=O)n(Cc3ccccc3)c2)cc1. The topological polar surface area (TPSA) is 31.2 Å². The number of ether oxygens (including phenoxy) is 1. The molecule has 3 rings (SSSR count). The zero-order valence-corrected chi connectivity index (χ0v) is 13.8. The first-order valence-corrected chi connectivity index (χ1v) is 8.24. The summed E-state index contributed by atoms with van der Waals surface area (Å²) in [5.74, 6) is 0.873. The molecule has 0 N–H and O–H groups in total. The van der Waals surface area contributed by atoms with E-state index in [2.05, 4.69) is 6.92 Å². The van der Waals surface area contributed by atoms with Crippen LogP contribution in [0.2, 0.25) is 0 Å². The summed E-state index contributed by atoms with van der Waals surface area (Å²) in [6.07, 6.45) is 2.91. The first-order chi connectivity index (χ1) is 11.8. The van der Waals surface area contributed by atoms with Gasteiger partial charge in [0.25, 0.3) is 5.56 Å². The molecular weight excluding hydrogens is 298 g/mol. The van der Waals surface area contributed by atoms with Crippen molar-refractivity contribution in [3.05, 3.63) is 88.8 Å². The van der Waals surface area contributed by atoms with Crippen LogP contribution in [0.5, 0.6) is 5.75 Å². The molecular formula is C21H21NO2. The number of hydrogen-bond donors (Lipinski definition) is 0. The van der Waals surface area contributed by atoms with E-state index in [1.165, 1.54) is 0 Å². The molecule has 3 heteroatoms. The van der Waals surface area contributed by atoms with Gasteiger partial charge in [0.1, 0.15) is 5.75 Å². The summed E-state index contributed by atoms with van der Waals surface area (Å²) in [4.78, 5) is 12.1. The minimum atomic E-state index is 0.00509. The lowest BCUT2D eigenvalue weighted by molar-refractivity contribution is 0.317. The minimum Gasteiger partial charge on any atom is -0.494 e. The molecule has 1 aromatic heterocycles. The van der Waals surface area contributed by atoms with E-state index < -0.39 is 0 Å². The Morgan fingerprint density at radius 3 is 2.29 bits per heavy atom. The van der Waals surface area contributed by atoms with Gasteiger partial charge in [0, 0.05) is 12.3 Å². The van der Waals surface area contributed by atoms with Crippen molar-refractivity contribution in [3.8, 4) is 16.9 Å². The standard InChI is InChI=1S/C21H21NO2/c1-2-14-24-20-11-8-18(9-12-20)19-10-13-21(23)22(16-19)15-17-6-4-3-5-7-17/h3-13,16H,2,14-15H2,1H3. The van der Waals surface area contributed by atoms with Crippen molar-refractivity contribution in [3.63, 3.8) is 0 Å². The molecule has 122 valence electrons. The first-order valence-electron chi connectivity index (χ1n) is 8.24. The van der Waals surface area contributed by atoms with Crippen molar-refractivity contribution >= 4 is 0 Å². The molecule has 0 fully saturated rings. The van der Waals surface area contributed by atoms with Crippen molar-refractivity contribution in [2.45, 2.75) is 19.9 Å². The van der Waals surface area contributed by atoms with Gasteiger partial charge < -0.3 is 9.30 Å². The number of benzene rings is 2. The maximum absolute atomic E-state index is 12.1. The lowest BCUT2D eigenvalue weighted by Crippen LogP contribution is -2.19. The van der Waals surface area contributed by atoms with Gasteiger partial charge in [-0.1, -0.05) is 49.4 Å². The summed E-state index contributed by atoms with van der Waals surface area (Å²) in [7, 11) is 0. The molecule has 24 heavy (non-hydrogen) atoms. The zero-order valence-electron chi connectivity index (χ0n) is 13.8. The lowest BCUT2D eigenvalue weighted by atomic mass is 10.1. The van der Waals surface area contributed by atoms with Gasteiger partial charge in [-0.25, -0.2) is 0 Å². The molecule has 0 aliphatic rings. The quantitative estimate of drug-likeness (QED) is 0.676. The molecule has 0 unspecified atom stereocenters. The van der Waals surface area contributed by atoms with Crippen LogP contribution in [0.3, 0.4) is 0 Å². The fourth-order valence-corrected chi connectivity index (χ4v) is 2.57. The van der Waals surface area contributed by atoms with Gasteiger partial charge in [-0.3, -0.25) is 4.79 Å². The zero-order chi connectivity index (χ0) is 16.8. The fraction of sp³-hybridized carbons (Fsp3) is 0.190. The Hall–Kier alpha value is -2.81. The van der Waals surface area contributed by atoms with Crippen LogP contribution in [-0.2, 0) is 6.54 Å². The van der Waals surface area contributed by atoms with E-state index in [9.17, 15) is 4.79 Å². The lowest BCUT2D eigenvalue weighted by Gasteiger charge is -2.10. The molecule has 0 atom stereocenters. The third-order valence-electron chi connectivity index (χ3n) is 3.84. The second-order valence-electron chi connectivity index (χ2n) is 5.74. The molecule has 3 aromatic rings. The molecule has 0 saturated heterocycles. The third-order valence-corrected chi connectivity index (χ3v) is 3.84. The minimum absolute atomic E-state index is 0.00509. The summed E-state index contributed by atoms with van der Waals surface area (Å²) < 4.78 is 7.35. The van der Waals surface area contributed by atoms with Gasteiger partial charge in [0.15, 0.2) is 0 Å². The predicted octanol–water partition coefficient (Wildman–Crippen LogP) is 4.35. The van der Waals surface area contributed by atoms with Crippen LogP contribution in [-0.4, -0.2) is 11.2 Å². The molecule has 0 spiro atoms. The monoisotopic (exact) mass is 319 g/mol. The first kappa shape index (κ1) is 16.1. The van der Waals surface area contributed by atoms with Crippen LogP contribution >= 0.6 is 0 Å². The number of rotatable bonds is 6. The average molecular weight is 319 g/mol. The largest absolute Gasteiger partial charge is 0.494 e. The van der Waals surface area contributed by atoms with Crippen LogP contribution < -0.4 is 10.3 Å². The second-order valence-corrected chi connectivity index (χ2v) is 5.74. The second kappa shape index (κ2) is 7.64. The molecule has 0 bridgehead atoms. The summed E-state index contributed by atoms with van der Waals surface area (Å²) in [6.45, 7) is 3.39. The van der Waals surface area contributed by atoms with Crippen molar-refractivity contribution < 1.29 is 4.74 Å². The van der Waals surface area contributed by atoms with E-state index in [-0.39, 0.29) is 5.56 Å². The van der Waals surface area contributed by atoms with Crippen molar-refractivity contribution in [2.75, 3.05) is 6.61 Å². The Kier molecular flexibility index (Phi) is 5.12. The molecule has 2 aromatic carbocycles. The molecule has 3 nitrogen and oxygen atoms in total. The molecule has 1 heterocycles. The Morgan fingerprint density at radius 2 is 1.58 bits per heavy atom. The molecule has 0 amide bonds. The van der Waals surface area contributed by atoms with Crippen LogP contribution in [0.4, 0.5) is 0 Å². The van der Waals surface area contributed by atoms with E-state index in [4.69, 9.17) is 4.74 Å². The van der Waals surface area contributed by atoms with E-state index in [1.807, 2.05) is 66.9 Å². The number of hydrogen-bond acceptors (Lipinski definition) is 2. The molecule has 0 radical (unpaired) electrons. The maximum atomic E-state index is 12.1. The van der Waals surface area contributed by atoms with E-state index in [0.717, 1.165) is 35.5 Å². The highest BCUT2D eigenvalue weighted by atomic mass is 16.5. The highest BCUT2D eigenvalue weighted by Gasteiger charge is 2.03. The average Bonchev–Trinajstić information content (AvgIpc) is 2.63. The van der Waals surface area contributed by atoms with Crippen LogP contribution in [0, 0.1) is 0 Å². The molecule has 0 aliphatic carbocycles. The summed E-state index contributed by atoms with van der Waals surface area (Å²) in [5, 5.41) is 0. The van der Waals surface area contributed by atoms with Crippen LogP contribution in [0.1, 0.15) is 18.9 Å². The van der Waals surface area contributed by atoms with Crippen molar-refractivity contribution in [2.24, 2.45) is 0 Å². The summed E-state index contributed by atoms with van der Waals surface area (Å²) >= 11 is 0. The summed E-state index contributed by atoms with van der Waals surface area (Å²) in [5.41, 5.74) is 3.21. The molecule has 0 aliphatic heterocycles. The molecule has 0 saturated carbocycles. The fourth-order valence-electron chi connectivity index (χ4n) is 2.57. The normalized spacial score (nSPS) is 10.5. The van der Waals surface area contributed by atoms with E-state index in [1.54, 1.807) is 10.6 Å².